The summed E-state index contributed by atoms with van der Waals surface area (Å²) in [5.74, 6) is -0.00968. The van der Waals surface area contributed by atoms with Crippen LogP contribution in [0.1, 0.15) is 28.0 Å². The molecule has 1 aliphatic heterocycles. The van der Waals surface area contributed by atoms with E-state index in [2.05, 4.69) is 11.1 Å². The van der Waals surface area contributed by atoms with Crippen LogP contribution in [0.15, 0.2) is 36.4 Å². The number of carbonyl (C=O) groups excluding carboxylic acids is 1. The standard InChI is InChI=1S/C16H15ClN2O/c1-11-9-13(10-15(17)18-11)16(20)19-8-4-6-12-5-2-3-7-14(12)19/h2-3,5,7,9-10H,4,6,8H2,1H3. The number of hydrogen-bond acceptors (Lipinski definition) is 2. The molecule has 0 fully saturated rings. The van der Waals surface area contributed by atoms with Crippen LogP contribution in [0.5, 0.6) is 0 Å². The summed E-state index contributed by atoms with van der Waals surface area (Å²) < 4.78 is 0. The van der Waals surface area contributed by atoms with Crippen LogP contribution in [0, 0.1) is 6.92 Å². The van der Waals surface area contributed by atoms with Gasteiger partial charge < -0.3 is 4.90 Å². The molecule has 20 heavy (non-hydrogen) atoms. The molecule has 0 atom stereocenters. The summed E-state index contributed by atoms with van der Waals surface area (Å²) >= 11 is 5.95. The fraction of sp³-hybridized carbons (Fsp3) is 0.250. The third-order valence-corrected chi connectivity index (χ3v) is 3.72. The molecule has 1 aromatic heterocycles. The lowest BCUT2D eigenvalue weighted by atomic mass is 10.0. The number of fused-ring (bicyclic) bond motifs is 1. The molecule has 2 heterocycles. The Balaban J connectivity index is 1.99. The Morgan fingerprint density at radius 2 is 2.10 bits per heavy atom. The number of nitrogens with zero attached hydrogens (tertiary/aromatic N) is 2. The molecule has 0 radical (unpaired) electrons. The summed E-state index contributed by atoms with van der Waals surface area (Å²) in [5, 5.41) is 0.360. The Bertz CT molecular complexity index is 649. The Kier molecular flexibility index (Phi) is 3.45. The number of anilines is 1. The number of rotatable bonds is 1. The first kappa shape index (κ1) is 13.1. The monoisotopic (exact) mass is 286 g/mol. The van der Waals surface area contributed by atoms with Crippen molar-refractivity contribution < 1.29 is 4.79 Å². The van der Waals surface area contributed by atoms with Crippen LogP contribution in [-0.2, 0) is 6.42 Å². The predicted octanol–water partition coefficient (Wildman–Crippen LogP) is 3.64. The van der Waals surface area contributed by atoms with Gasteiger partial charge in [-0.25, -0.2) is 4.98 Å². The van der Waals surface area contributed by atoms with E-state index in [9.17, 15) is 4.79 Å². The van der Waals surface area contributed by atoms with E-state index < -0.39 is 0 Å². The molecule has 3 rings (SSSR count). The zero-order valence-electron chi connectivity index (χ0n) is 11.3. The molecular weight excluding hydrogens is 272 g/mol. The van der Waals surface area contributed by atoms with E-state index in [0.717, 1.165) is 30.8 Å². The molecule has 0 N–H and O–H groups in total. The maximum atomic E-state index is 12.7. The van der Waals surface area contributed by atoms with Crippen molar-refractivity contribution in [2.24, 2.45) is 0 Å². The fourth-order valence-corrected chi connectivity index (χ4v) is 2.90. The van der Waals surface area contributed by atoms with Crippen molar-refractivity contribution in [1.82, 2.24) is 4.98 Å². The first-order chi connectivity index (χ1) is 9.65. The molecular formula is C16H15ClN2O. The Hall–Kier alpha value is -1.87. The van der Waals surface area contributed by atoms with Gasteiger partial charge in [-0.3, -0.25) is 4.79 Å². The van der Waals surface area contributed by atoms with Gasteiger partial charge >= 0.3 is 0 Å². The molecule has 1 aliphatic rings. The highest BCUT2D eigenvalue weighted by Crippen LogP contribution is 2.28. The largest absolute Gasteiger partial charge is 0.308 e. The number of pyridine rings is 1. The van der Waals surface area contributed by atoms with Gasteiger partial charge in [0.25, 0.3) is 5.91 Å². The van der Waals surface area contributed by atoms with Crippen LogP contribution in [0.25, 0.3) is 0 Å². The zero-order chi connectivity index (χ0) is 14.1. The van der Waals surface area contributed by atoms with Crippen LogP contribution in [0.4, 0.5) is 5.69 Å². The number of halogens is 1. The van der Waals surface area contributed by atoms with Crippen LogP contribution in [0.3, 0.4) is 0 Å². The average molecular weight is 287 g/mol. The fourth-order valence-electron chi connectivity index (χ4n) is 2.65. The third-order valence-electron chi connectivity index (χ3n) is 3.52. The number of benzene rings is 1. The van der Waals surface area contributed by atoms with Crippen molar-refractivity contribution in [3.05, 3.63) is 58.4 Å². The molecule has 0 aliphatic carbocycles. The van der Waals surface area contributed by atoms with E-state index in [0.29, 0.717) is 10.7 Å². The van der Waals surface area contributed by atoms with Crippen molar-refractivity contribution in [3.8, 4) is 0 Å². The smallest absolute Gasteiger partial charge is 0.258 e. The molecule has 3 nitrogen and oxygen atoms in total. The maximum Gasteiger partial charge on any atom is 0.258 e. The minimum atomic E-state index is -0.00968. The number of carbonyl (C=O) groups is 1. The van der Waals surface area contributed by atoms with Crippen LogP contribution >= 0.6 is 11.6 Å². The molecule has 1 aromatic carbocycles. The van der Waals surface area contributed by atoms with Gasteiger partial charge in [0.2, 0.25) is 0 Å². The molecule has 0 spiro atoms. The summed E-state index contributed by atoms with van der Waals surface area (Å²) in [6, 6.07) is 11.5. The SMILES string of the molecule is Cc1cc(C(=O)N2CCCc3ccccc32)cc(Cl)n1. The first-order valence-electron chi connectivity index (χ1n) is 6.69. The van der Waals surface area contributed by atoms with Gasteiger partial charge in [-0.15, -0.1) is 0 Å². The molecule has 4 heteroatoms. The van der Waals surface area contributed by atoms with Crippen molar-refractivity contribution in [2.75, 3.05) is 11.4 Å². The summed E-state index contributed by atoms with van der Waals surface area (Å²) in [4.78, 5) is 18.6. The minimum Gasteiger partial charge on any atom is -0.308 e. The van der Waals surface area contributed by atoms with Gasteiger partial charge in [0.15, 0.2) is 0 Å². The quantitative estimate of drug-likeness (QED) is 0.750. The topological polar surface area (TPSA) is 33.2 Å². The average Bonchev–Trinajstić information content (AvgIpc) is 2.45. The second-order valence-corrected chi connectivity index (χ2v) is 5.40. The lowest BCUT2D eigenvalue weighted by Crippen LogP contribution is -2.35. The maximum absolute atomic E-state index is 12.7. The van der Waals surface area contributed by atoms with Gasteiger partial charge in [0, 0.05) is 23.5 Å². The highest BCUT2D eigenvalue weighted by Gasteiger charge is 2.23. The highest BCUT2D eigenvalue weighted by molar-refractivity contribution is 6.29. The Morgan fingerprint density at radius 3 is 2.90 bits per heavy atom. The Labute approximate surface area is 123 Å². The molecule has 0 bridgehead atoms. The van der Waals surface area contributed by atoms with Crippen molar-refractivity contribution in [1.29, 1.82) is 0 Å². The van der Waals surface area contributed by atoms with Crippen LogP contribution < -0.4 is 4.90 Å². The van der Waals surface area contributed by atoms with Gasteiger partial charge in [0.1, 0.15) is 5.15 Å². The molecule has 0 saturated heterocycles. The summed E-state index contributed by atoms with van der Waals surface area (Å²) in [7, 11) is 0. The number of para-hydroxylation sites is 1. The van der Waals surface area contributed by atoms with E-state index in [1.165, 1.54) is 5.56 Å². The Morgan fingerprint density at radius 1 is 1.30 bits per heavy atom. The second-order valence-electron chi connectivity index (χ2n) is 5.01. The molecule has 0 unspecified atom stereocenters. The third kappa shape index (κ3) is 2.41. The number of aromatic nitrogens is 1. The molecule has 2 aromatic rings. The van der Waals surface area contributed by atoms with E-state index in [4.69, 9.17) is 11.6 Å². The lowest BCUT2D eigenvalue weighted by Gasteiger charge is -2.29. The van der Waals surface area contributed by atoms with Crippen molar-refractivity contribution >= 4 is 23.2 Å². The van der Waals surface area contributed by atoms with Gasteiger partial charge in [-0.2, -0.15) is 0 Å². The van der Waals surface area contributed by atoms with Crippen molar-refractivity contribution in [2.45, 2.75) is 19.8 Å². The second kappa shape index (κ2) is 5.25. The van der Waals surface area contributed by atoms with Gasteiger partial charge in [0.05, 0.1) is 0 Å². The van der Waals surface area contributed by atoms with Crippen molar-refractivity contribution in [3.63, 3.8) is 0 Å². The van der Waals surface area contributed by atoms with E-state index in [1.54, 1.807) is 12.1 Å². The molecule has 102 valence electrons. The first-order valence-corrected chi connectivity index (χ1v) is 7.07. The van der Waals surface area contributed by atoms with Gasteiger partial charge in [-0.05, 0) is 43.5 Å². The zero-order valence-corrected chi connectivity index (χ0v) is 12.0. The van der Waals surface area contributed by atoms with E-state index in [1.807, 2.05) is 30.0 Å². The van der Waals surface area contributed by atoms with E-state index in [-0.39, 0.29) is 5.91 Å². The van der Waals surface area contributed by atoms with Crippen LogP contribution in [0.2, 0.25) is 5.15 Å². The lowest BCUT2D eigenvalue weighted by molar-refractivity contribution is 0.0985. The normalized spacial score (nSPS) is 14.0. The number of aryl methyl sites for hydroxylation is 2. The predicted molar refractivity (Wildman–Crippen MR) is 80.4 cm³/mol. The molecule has 0 saturated carbocycles. The van der Waals surface area contributed by atoms with Crippen LogP contribution in [-0.4, -0.2) is 17.4 Å². The minimum absolute atomic E-state index is 0.00968. The summed E-state index contributed by atoms with van der Waals surface area (Å²) in [6.45, 7) is 2.58. The number of amides is 1. The van der Waals surface area contributed by atoms with E-state index >= 15 is 0 Å². The number of hydrogen-bond donors (Lipinski definition) is 0. The molecule has 1 amide bonds. The highest BCUT2D eigenvalue weighted by atomic mass is 35.5. The summed E-state index contributed by atoms with van der Waals surface area (Å²) in [5.41, 5.74) is 3.59. The van der Waals surface area contributed by atoms with Gasteiger partial charge in [-0.1, -0.05) is 29.8 Å². The summed E-state index contributed by atoms with van der Waals surface area (Å²) in [6.07, 6.45) is 2.01.